The Balaban J connectivity index is 1.88. The molecule has 0 saturated carbocycles. The predicted octanol–water partition coefficient (Wildman–Crippen LogP) is 3.86. The molecule has 2 rings (SSSR count). The van der Waals surface area contributed by atoms with Gasteiger partial charge in [0.2, 0.25) is 5.91 Å². The maximum Gasteiger partial charge on any atom is 0.416 e. The summed E-state index contributed by atoms with van der Waals surface area (Å²) in [4.78, 5) is 25.4. The van der Waals surface area contributed by atoms with E-state index >= 15 is 0 Å². The van der Waals surface area contributed by atoms with E-state index in [1.807, 2.05) is 0 Å². The van der Waals surface area contributed by atoms with Crippen molar-refractivity contribution >= 4 is 27.7 Å². The van der Waals surface area contributed by atoms with Crippen molar-refractivity contribution < 1.29 is 22.8 Å². The van der Waals surface area contributed by atoms with Crippen LogP contribution in [0.3, 0.4) is 0 Å². The van der Waals surface area contributed by atoms with Crippen molar-refractivity contribution in [2.45, 2.75) is 12.7 Å². The number of hydrogen-bond donors (Lipinski definition) is 1. The standard InChI is InChI=1S/C18H16BrF3N2O2/c1-24(11-12-5-7-14(8-6-12)18(20,21)22)16(25)10-23-17(26)13-3-2-4-15(19)9-13/h2-9H,10-11H2,1H3,(H,23,26). The summed E-state index contributed by atoms with van der Waals surface area (Å²) >= 11 is 3.26. The Labute approximate surface area is 157 Å². The Kier molecular flexibility index (Phi) is 6.42. The van der Waals surface area contributed by atoms with Gasteiger partial charge in [0.1, 0.15) is 0 Å². The number of alkyl halides is 3. The van der Waals surface area contributed by atoms with Crippen molar-refractivity contribution in [3.05, 3.63) is 69.7 Å². The second-order valence-electron chi connectivity index (χ2n) is 5.64. The van der Waals surface area contributed by atoms with Crippen LogP contribution >= 0.6 is 15.9 Å². The van der Waals surface area contributed by atoms with Crippen LogP contribution in [0.15, 0.2) is 53.0 Å². The van der Waals surface area contributed by atoms with Crippen LogP contribution in [-0.2, 0) is 17.5 Å². The zero-order valence-corrected chi connectivity index (χ0v) is 15.4. The Bertz CT molecular complexity index is 792. The number of hydrogen-bond acceptors (Lipinski definition) is 2. The van der Waals surface area contributed by atoms with Crippen LogP contribution in [0.4, 0.5) is 13.2 Å². The molecule has 26 heavy (non-hydrogen) atoms. The molecular weight excluding hydrogens is 413 g/mol. The minimum absolute atomic E-state index is 0.143. The number of amides is 2. The largest absolute Gasteiger partial charge is 0.416 e. The zero-order chi connectivity index (χ0) is 19.3. The first-order valence-electron chi connectivity index (χ1n) is 7.60. The third-order valence-corrected chi connectivity index (χ3v) is 4.11. The molecule has 2 aromatic rings. The van der Waals surface area contributed by atoms with Crippen LogP contribution in [0, 0.1) is 0 Å². The molecule has 2 amide bonds. The summed E-state index contributed by atoms with van der Waals surface area (Å²) in [5.41, 5.74) is 0.237. The summed E-state index contributed by atoms with van der Waals surface area (Å²) in [7, 11) is 1.52. The second kappa shape index (κ2) is 8.35. The summed E-state index contributed by atoms with van der Waals surface area (Å²) in [5, 5.41) is 2.52. The molecule has 0 aromatic heterocycles. The molecule has 0 aliphatic rings. The molecule has 0 spiro atoms. The van der Waals surface area contributed by atoms with E-state index in [0.717, 1.165) is 16.6 Å². The molecule has 0 atom stereocenters. The highest BCUT2D eigenvalue weighted by atomic mass is 79.9. The number of rotatable bonds is 5. The molecule has 0 fully saturated rings. The molecule has 8 heteroatoms. The Morgan fingerprint density at radius 1 is 1.12 bits per heavy atom. The van der Waals surface area contributed by atoms with Crippen LogP contribution in [0.2, 0.25) is 0 Å². The molecule has 0 heterocycles. The number of likely N-dealkylation sites (N-methyl/N-ethyl adjacent to an activating group) is 1. The average Bonchev–Trinajstić information content (AvgIpc) is 2.59. The van der Waals surface area contributed by atoms with Crippen molar-refractivity contribution in [1.29, 1.82) is 0 Å². The molecule has 2 aromatic carbocycles. The van der Waals surface area contributed by atoms with Gasteiger partial charge in [0.25, 0.3) is 5.91 Å². The molecular formula is C18H16BrF3N2O2. The van der Waals surface area contributed by atoms with E-state index in [9.17, 15) is 22.8 Å². The maximum absolute atomic E-state index is 12.5. The quantitative estimate of drug-likeness (QED) is 0.785. The fourth-order valence-corrected chi connectivity index (χ4v) is 2.58. The van der Waals surface area contributed by atoms with Gasteiger partial charge >= 0.3 is 6.18 Å². The third kappa shape index (κ3) is 5.59. The average molecular weight is 429 g/mol. The summed E-state index contributed by atoms with van der Waals surface area (Å²) < 4.78 is 38.4. The van der Waals surface area contributed by atoms with E-state index in [2.05, 4.69) is 21.2 Å². The Hall–Kier alpha value is -2.35. The minimum atomic E-state index is -4.39. The van der Waals surface area contributed by atoms with Gasteiger partial charge in [-0.1, -0.05) is 34.1 Å². The molecule has 0 aliphatic carbocycles. The van der Waals surface area contributed by atoms with Crippen molar-refractivity contribution in [2.24, 2.45) is 0 Å². The van der Waals surface area contributed by atoms with E-state index in [4.69, 9.17) is 0 Å². The first-order valence-corrected chi connectivity index (χ1v) is 8.40. The van der Waals surface area contributed by atoms with E-state index in [-0.39, 0.29) is 24.9 Å². The molecule has 0 aliphatic heterocycles. The normalized spacial score (nSPS) is 11.1. The topological polar surface area (TPSA) is 49.4 Å². The highest BCUT2D eigenvalue weighted by molar-refractivity contribution is 9.10. The highest BCUT2D eigenvalue weighted by Gasteiger charge is 2.29. The van der Waals surface area contributed by atoms with E-state index in [1.165, 1.54) is 24.1 Å². The van der Waals surface area contributed by atoms with Crippen LogP contribution in [0.25, 0.3) is 0 Å². The van der Waals surface area contributed by atoms with Crippen molar-refractivity contribution in [1.82, 2.24) is 10.2 Å². The van der Waals surface area contributed by atoms with Crippen LogP contribution in [0.1, 0.15) is 21.5 Å². The minimum Gasteiger partial charge on any atom is -0.343 e. The molecule has 0 unspecified atom stereocenters. The number of nitrogens with zero attached hydrogens (tertiary/aromatic N) is 1. The monoisotopic (exact) mass is 428 g/mol. The van der Waals surface area contributed by atoms with Crippen molar-refractivity contribution in [2.75, 3.05) is 13.6 Å². The van der Waals surface area contributed by atoms with Gasteiger partial charge in [-0.15, -0.1) is 0 Å². The number of benzene rings is 2. The Morgan fingerprint density at radius 2 is 1.77 bits per heavy atom. The summed E-state index contributed by atoms with van der Waals surface area (Å²) in [6.45, 7) is -0.0633. The second-order valence-corrected chi connectivity index (χ2v) is 6.55. The zero-order valence-electron chi connectivity index (χ0n) is 13.8. The fourth-order valence-electron chi connectivity index (χ4n) is 2.18. The van der Waals surface area contributed by atoms with Gasteiger partial charge in [-0.05, 0) is 35.9 Å². The lowest BCUT2D eigenvalue weighted by Gasteiger charge is -2.18. The van der Waals surface area contributed by atoms with Gasteiger partial charge in [-0.3, -0.25) is 9.59 Å². The molecule has 1 N–H and O–H groups in total. The highest BCUT2D eigenvalue weighted by Crippen LogP contribution is 2.29. The van der Waals surface area contributed by atoms with Gasteiger partial charge in [0, 0.05) is 23.6 Å². The van der Waals surface area contributed by atoms with Crippen LogP contribution in [-0.4, -0.2) is 30.3 Å². The summed E-state index contributed by atoms with van der Waals surface area (Å²) in [6.07, 6.45) is -4.39. The van der Waals surface area contributed by atoms with Crippen molar-refractivity contribution in [3.63, 3.8) is 0 Å². The van der Waals surface area contributed by atoms with E-state index < -0.39 is 11.7 Å². The SMILES string of the molecule is CN(Cc1ccc(C(F)(F)F)cc1)C(=O)CNC(=O)c1cccc(Br)c1. The third-order valence-electron chi connectivity index (χ3n) is 3.61. The Morgan fingerprint density at radius 3 is 2.35 bits per heavy atom. The van der Waals surface area contributed by atoms with Crippen LogP contribution < -0.4 is 5.32 Å². The van der Waals surface area contributed by atoms with Crippen LogP contribution in [0.5, 0.6) is 0 Å². The molecule has 4 nitrogen and oxygen atoms in total. The fraction of sp³-hybridized carbons (Fsp3) is 0.222. The molecule has 0 bridgehead atoms. The molecule has 0 radical (unpaired) electrons. The first kappa shape index (κ1) is 20.0. The number of carbonyl (C=O) groups is 2. The molecule has 0 saturated heterocycles. The predicted molar refractivity (Wildman–Crippen MR) is 94.4 cm³/mol. The lowest BCUT2D eigenvalue weighted by atomic mass is 10.1. The van der Waals surface area contributed by atoms with Gasteiger partial charge < -0.3 is 10.2 Å². The number of halogens is 4. The lowest BCUT2D eigenvalue weighted by Crippen LogP contribution is -2.37. The van der Waals surface area contributed by atoms with Gasteiger partial charge in [0.15, 0.2) is 0 Å². The van der Waals surface area contributed by atoms with Crippen molar-refractivity contribution in [3.8, 4) is 0 Å². The van der Waals surface area contributed by atoms with E-state index in [1.54, 1.807) is 24.3 Å². The van der Waals surface area contributed by atoms with Gasteiger partial charge in [0.05, 0.1) is 12.1 Å². The number of nitrogens with one attached hydrogen (secondary N) is 1. The smallest absolute Gasteiger partial charge is 0.343 e. The number of carbonyl (C=O) groups excluding carboxylic acids is 2. The first-order chi connectivity index (χ1) is 12.2. The molecule has 138 valence electrons. The van der Waals surface area contributed by atoms with Gasteiger partial charge in [-0.2, -0.15) is 13.2 Å². The summed E-state index contributed by atoms with van der Waals surface area (Å²) in [6, 6.07) is 11.3. The lowest BCUT2D eigenvalue weighted by molar-refractivity contribution is -0.137. The van der Waals surface area contributed by atoms with Gasteiger partial charge in [-0.25, -0.2) is 0 Å². The van der Waals surface area contributed by atoms with E-state index in [0.29, 0.717) is 11.1 Å². The summed E-state index contributed by atoms with van der Waals surface area (Å²) in [5.74, 6) is -0.740. The maximum atomic E-state index is 12.5.